The highest BCUT2D eigenvalue weighted by Crippen LogP contribution is 2.34. The van der Waals surface area contributed by atoms with Crippen LogP contribution in [0.5, 0.6) is 0 Å². The average Bonchev–Trinajstić information content (AvgIpc) is 2.62. The number of carbonyl (C=O) groups excluding carboxylic acids is 2. The molecular weight excluding hydrogens is 427 g/mol. The van der Waals surface area contributed by atoms with Crippen LogP contribution < -0.4 is 5.73 Å². The van der Waals surface area contributed by atoms with Gasteiger partial charge in [0.25, 0.3) is 0 Å². The van der Waals surface area contributed by atoms with Crippen molar-refractivity contribution in [2.24, 2.45) is 5.73 Å². The highest BCUT2D eigenvalue weighted by molar-refractivity contribution is 5.75. The van der Waals surface area contributed by atoms with E-state index in [1.165, 1.54) is 11.0 Å². The summed E-state index contributed by atoms with van der Waals surface area (Å²) in [5.74, 6) is -4.92. The van der Waals surface area contributed by atoms with Gasteiger partial charge in [-0.25, -0.2) is 18.4 Å². The molecule has 2 N–H and O–H groups in total. The van der Waals surface area contributed by atoms with Gasteiger partial charge in [0.05, 0.1) is 6.61 Å². The maximum Gasteiger partial charge on any atom is 0.490 e. The van der Waals surface area contributed by atoms with E-state index in [0.717, 1.165) is 12.1 Å². The second kappa shape index (κ2) is 9.37. The number of nitrogens with two attached hydrogens (primary N) is 1. The molecule has 31 heavy (non-hydrogen) atoms. The topological polar surface area (TPSA) is 81.9 Å². The standard InChI is InChI=1S/C20H25F5N2O4/c1-19(2,3)31-18(29)27-10-16(26)13(11-4-5-14(21)15(22)8-11)9-12(27)6-7-30-17(28)20(23,24)25/h4-5,8,12-13,16H,6-7,9-10,26H2,1-3H3/t12?,13-,16+/m0/s1. The van der Waals surface area contributed by atoms with E-state index in [4.69, 9.17) is 10.5 Å². The molecule has 1 aromatic carbocycles. The van der Waals surface area contributed by atoms with Gasteiger partial charge in [0.15, 0.2) is 11.6 Å². The van der Waals surface area contributed by atoms with Gasteiger partial charge in [0.1, 0.15) is 5.60 Å². The molecule has 3 atom stereocenters. The zero-order valence-corrected chi connectivity index (χ0v) is 17.3. The summed E-state index contributed by atoms with van der Waals surface area (Å²) >= 11 is 0. The summed E-state index contributed by atoms with van der Waals surface area (Å²) in [4.78, 5) is 24.9. The average molecular weight is 452 g/mol. The van der Waals surface area contributed by atoms with Gasteiger partial charge in [0.2, 0.25) is 0 Å². The summed E-state index contributed by atoms with van der Waals surface area (Å²) in [5.41, 5.74) is 5.76. The Kier molecular flexibility index (Phi) is 7.51. The molecule has 0 aromatic heterocycles. The van der Waals surface area contributed by atoms with E-state index in [1.54, 1.807) is 20.8 Å². The third-order valence-electron chi connectivity index (χ3n) is 4.81. The predicted molar refractivity (Wildman–Crippen MR) is 100 cm³/mol. The largest absolute Gasteiger partial charge is 0.490 e. The molecule has 1 saturated heterocycles. The Bertz CT molecular complexity index is 810. The lowest BCUT2D eigenvalue weighted by Gasteiger charge is -2.43. The van der Waals surface area contributed by atoms with Crippen molar-refractivity contribution in [1.82, 2.24) is 4.90 Å². The number of carbonyl (C=O) groups is 2. The highest BCUT2D eigenvalue weighted by Gasteiger charge is 2.42. The maximum absolute atomic E-state index is 13.7. The van der Waals surface area contributed by atoms with Crippen LogP contribution >= 0.6 is 0 Å². The summed E-state index contributed by atoms with van der Waals surface area (Å²) in [6.45, 7) is 4.33. The lowest BCUT2D eigenvalue weighted by Crippen LogP contribution is -2.55. The first-order valence-corrected chi connectivity index (χ1v) is 9.63. The van der Waals surface area contributed by atoms with Gasteiger partial charge in [-0.2, -0.15) is 13.2 Å². The van der Waals surface area contributed by atoms with Crippen molar-refractivity contribution in [3.63, 3.8) is 0 Å². The Labute approximate surface area is 176 Å². The van der Waals surface area contributed by atoms with Gasteiger partial charge >= 0.3 is 18.2 Å². The molecule has 0 radical (unpaired) electrons. The van der Waals surface area contributed by atoms with Crippen LogP contribution in [0.2, 0.25) is 0 Å². The number of halogens is 5. The molecule has 1 heterocycles. The molecule has 0 bridgehead atoms. The van der Waals surface area contributed by atoms with Gasteiger partial charge < -0.3 is 20.1 Å². The van der Waals surface area contributed by atoms with Crippen LogP contribution in [0, 0.1) is 11.6 Å². The summed E-state index contributed by atoms with van der Waals surface area (Å²) in [5, 5.41) is 0. The van der Waals surface area contributed by atoms with Crippen LogP contribution in [0.25, 0.3) is 0 Å². The number of alkyl halides is 3. The minimum atomic E-state index is -5.13. The third kappa shape index (κ3) is 6.78. The molecule has 174 valence electrons. The summed E-state index contributed by atoms with van der Waals surface area (Å²) in [7, 11) is 0. The van der Waals surface area contributed by atoms with Crippen LogP contribution in [-0.4, -0.2) is 54.0 Å². The number of likely N-dealkylation sites (tertiary alicyclic amines) is 1. The predicted octanol–water partition coefficient (Wildman–Crippen LogP) is 3.88. The van der Waals surface area contributed by atoms with Gasteiger partial charge in [-0.1, -0.05) is 6.07 Å². The first kappa shape index (κ1) is 24.8. The molecule has 0 spiro atoms. The fourth-order valence-corrected chi connectivity index (χ4v) is 3.41. The number of ether oxygens (including phenoxy) is 2. The number of benzene rings is 1. The monoisotopic (exact) mass is 452 g/mol. The summed E-state index contributed by atoms with van der Waals surface area (Å²) in [6, 6.07) is 1.97. The number of esters is 1. The van der Waals surface area contributed by atoms with Crippen LogP contribution in [0.1, 0.15) is 45.1 Å². The Hall–Kier alpha value is -2.43. The second-order valence-corrected chi connectivity index (χ2v) is 8.39. The van der Waals surface area contributed by atoms with E-state index in [2.05, 4.69) is 4.74 Å². The van der Waals surface area contributed by atoms with Crippen molar-refractivity contribution in [3.05, 3.63) is 35.4 Å². The first-order chi connectivity index (χ1) is 14.2. The molecule has 1 unspecified atom stereocenters. The minimum absolute atomic E-state index is 0.0313. The molecule has 1 amide bonds. The molecule has 6 nitrogen and oxygen atoms in total. The lowest BCUT2D eigenvalue weighted by atomic mass is 9.81. The van der Waals surface area contributed by atoms with Gasteiger partial charge in [-0.15, -0.1) is 0 Å². The van der Waals surface area contributed by atoms with E-state index >= 15 is 0 Å². The van der Waals surface area contributed by atoms with Crippen molar-refractivity contribution in [2.45, 2.75) is 63.4 Å². The lowest BCUT2D eigenvalue weighted by molar-refractivity contribution is -0.200. The molecule has 1 aromatic rings. The van der Waals surface area contributed by atoms with E-state index in [1.807, 2.05) is 0 Å². The number of hydrogen-bond acceptors (Lipinski definition) is 5. The zero-order valence-electron chi connectivity index (χ0n) is 17.3. The van der Waals surface area contributed by atoms with Crippen molar-refractivity contribution >= 4 is 12.1 Å². The smallest absolute Gasteiger partial charge is 0.459 e. The fraction of sp³-hybridized carbons (Fsp3) is 0.600. The normalized spacial score (nSPS) is 22.2. The first-order valence-electron chi connectivity index (χ1n) is 9.63. The maximum atomic E-state index is 13.7. The minimum Gasteiger partial charge on any atom is -0.459 e. The molecule has 11 heteroatoms. The summed E-state index contributed by atoms with van der Waals surface area (Å²) in [6.07, 6.45) is -5.84. The number of hydrogen-bond donors (Lipinski definition) is 1. The van der Waals surface area contributed by atoms with Crippen molar-refractivity contribution in [1.29, 1.82) is 0 Å². The van der Waals surface area contributed by atoms with E-state index in [9.17, 15) is 31.5 Å². The van der Waals surface area contributed by atoms with Crippen molar-refractivity contribution < 1.29 is 41.0 Å². The van der Waals surface area contributed by atoms with Gasteiger partial charge in [-0.3, -0.25) is 0 Å². The van der Waals surface area contributed by atoms with Crippen molar-refractivity contribution in [3.8, 4) is 0 Å². The van der Waals surface area contributed by atoms with E-state index in [-0.39, 0.29) is 19.4 Å². The van der Waals surface area contributed by atoms with Crippen LogP contribution in [-0.2, 0) is 14.3 Å². The highest BCUT2D eigenvalue weighted by atomic mass is 19.4. The number of nitrogens with zero attached hydrogens (tertiary/aromatic N) is 1. The van der Waals surface area contributed by atoms with Crippen molar-refractivity contribution in [2.75, 3.05) is 13.2 Å². The van der Waals surface area contributed by atoms with Crippen LogP contribution in [0.4, 0.5) is 26.7 Å². The Balaban J connectivity index is 2.20. The summed E-state index contributed by atoms with van der Waals surface area (Å²) < 4.78 is 73.7. The molecule has 0 saturated carbocycles. The quantitative estimate of drug-likeness (QED) is 0.554. The molecule has 2 rings (SSSR count). The molecular formula is C20H25F5N2O4. The molecule has 0 aliphatic carbocycles. The number of piperidine rings is 1. The Morgan fingerprint density at radius 1 is 1.16 bits per heavy atom. The second-order valence-electron chi connectivity index (χ2n) is 8.39. The van der Waals surface area contributed by atoms with E-state index in [0.29, 0.717) is 5.56 Å². The number of rotatable bonds is 4. The SMILES string of the molecule is CC(C)(C)OC(=O)N1C[C@@H](N)[C@H](c2ccc(F)c(F)c2)CC1CCOC(=O)C(F)(F)F. The van der Waals surface area contributed by atoms with E-state index < -0.39 is 60.1 Å². The fourth-order valence-electron chi connectivity index (χ4n) is 3.41. The zero-order chi connectivity index (χ0) is 23.6. The molecule has 1 aliphatic rings. The molecule has 1 fully saturated rings. The van der Waals surface area contributed by atoms with Gasteiger partial charge in [-0.05, 0) is 44.9 Å². The van der Waals surface area contributed by atoms with Crippen LogP contribution in [0.3, 0.4) is 0 Å². The third-order valence-corrected chi connectivity index (χ3v) is 4.81. The Morgan fingerprint density at radius 3 is 2.35 bits per heavy atom. The van der Waals surface area contributed by atoms with Crippen LogP contribution in [0.15, 0.2) is 18.2 Å². The molecule has 1 aliphatic heterocycles. The Morgan fingerprint density at radius 2 is 1.81 bits per heavy atom. The number of amides is 1. The van der Waals surface area contributed by atoms with Gasteiger partial charge in [0, 0.05) is 31.0 Å².